The molecule has 0 aliphatic carbocycles. The molecule has 134 valence electrons. The standard InChI is InChI=1S/C20H14N2O2S3/c1-9-3-5-11(25-9)12-7-8-14(27-12)18-16-15(19(23)22-18)17(21-20(16)24)13-6-4-10(2)26-13/h3-8,21,24H,1-2H3. The second-order valence-electron chi connectivity index (χ2n) is 6.35. The van der Waals surface area contributed by atoms with Crippen LogP contribution in [0.1, 0.15) is 30.6 Å². The highest BCUT2D eigenvalue weighted by Gasteiger charge is 2.34. The molecular formula is C20H14N2O2S3. The van der Waals surface area contributed by atoms with Gasteiger partial charge in [-0.25, -0.2) is 4.99 Å². The molecule has 0 bridgehead atoms. The quantitative estimate of drug-likeness (QED) is 0.445. The molecule has 4 nitrogen and oxygen atoms in total. The number of hydrogen-bond donors (Lipinski definition) is 2. The molecule has 4 aromatic rings. The van der Waals surface area contributed by atoms with Crippen molar-refractivity contribution in [3.05, 3.63) is 62.2 Å². The van der Waals surface area contributed by atoms with E-state index >= 15 is 0 Å². The zero-order valence-electron chi connectivity index (χ0n) is 14.5. The first-order chi connectivity index (χ1) is 13.0. The minimum Gasteiger partial charge on any atom is -0.494 e. The van der Waals surface area contributed by atoms with Gasteiger partial charge in [0, 0.05) is 19.5 Å². The summed E-state index contributed by atoms with van der Waals surface area (Å²) in [7, 11) is 0. The molecule has 5 heterocycles. The van der Waals surface area contributed by atoms with Gasteiger partial charge in [0.1, 0.15) is 0 Å². The summed E-state index contributed by atoms with van der Waals surface area (Å²) in [6.07, 6.45) is 0. The van der Waals surface area contributed by atoms with Gasteiger partial charge >= 0.3 is 0 Å². The van der Waals surface area contributed by atoms with Crippen LogP contribution in [0.3, 0.4) is 0 Å². The number of nitrogens with one attached hydrogen (secondary N) is 1. The zero-order chi connectivity index (χ0) is 18.7. The summed E-state index contributed by atoms with van der Waals surface area (Å²) in [5.41, 5.74) is 2.17. The molecule has 27 heavy (non-hydrogen) atoms. The van der Waals surface area contributed by atoms with Gasteiger partial charge in [0.2, 0.25) is 0 Å². The van der Waals surface area contributed by atoms with Gasteiger partial charge in [0.15, 0.2) is 5.88 Å². The highest BCUT2D eigenvalue weighted by Crippen LogP contribution is 2.42. The Morgan fingerprint density at radius 2 is 1.41 bits per heavy atom. The minimum atomic E-state index is -0.306. The fourth-order valence-corrected chi connectivity index (χ4v) is 6.08. The average Bonchev–Trinajstić information content (AvgIpc) is 3.40. The van der Waals surface area contributed by atoms with E-state index < -0.39 is 0 Å². The van der Waals surface area contributed by atoms with Gasteiger partial charge in [-0.2, -0.15) is 0 Å². The molecule has 1 aliphatic rings. The van der Waals surface area contributed by atoms with Crippen LogP contribution in [0.4, 0.5) is 0 Å². The Kier molecular flexibility index (Phi) is 3.72. The first kappa shape index (κ1) is 16.7. The van der Waals surface area contributed by atoms with E-state index in [9.17, 15) is 9.90 Å². The predicted octanol–water partition coefficient (Wildman–Crippen LogP) is 5.85. The highest BCUT2D eigenvalue weighted by atomic mass is 32.1. The van der Waals surface area contributed by atoms with Crippen molar-refractivity contribution in [3.8, 4) is 26.2 Å². The number of H-pyrrole nitrogens is 1. The van der Waals surface area contributed by atoms with Crippen molar-refractivity contribution in [2.24, 2.45) is 4.99 Å². The molecule has 7 heteroatoms. The summed E-state index contributed by atoms with van der Waals surface area (Å²) < 4.78 is 0. The molecule has 0 unspecified atom stereocenters. The SMILES string of the molecule is Cc1ccc(-c2ccc(C3=NC(=O)c4c(-c5ccc(C)s5)[nH]c(O)c43)s2)s1. The lowest BCUT2D eigenvalue weighted by atomic mass is 10.1. The van der Waals surface area contributed by atoms with E-state index in [0.29, 0.717) is 22.5 Å². The van der Waals surface area contributed by atoms with Crippen molar-refractivity contribution in [1.82, 2.24) is 4.98 Å². The van der Waals surface area contributed by atoms with Crippen molar-refractivity contribution in [1.29, 1.82) is 0 Å². The van der Waals surface area contributed by atoms with Crippen LogP contribution in [0.25, 0.3) is 20.3 Å². The Balaban J connectivity index is 1.60. The van der Waals surface area contributed by atoms with Gasteiger partial charge in [-0.1, -0.05) is 0 Å². The fraction of sp³-hybridized carbons (Fsp3) is 0.100. The lowest BCUT2D eigenvalue weighted by Gasteiger charge is -1.97. The molecule has 0 saturated carbocycles. The summed E-state index contributed by atoms with van der Waals surface area (Å²) in [6, 6.07) is 12.2. The predicted molar refractivity (Wildman–Crippen MR) is 113 cm³/mol. The summed E-state index contributed by atoms with van der Waals surface area (Å²) in [5, 5.41) is 10.5. The molecule has 1 amide bonds. The van der Waals surface area contributed by atoms with Crippen molar-refractivity contribution >= 4 is 45.6 Å². The number of aromatic nitrogens is 1. The fourth-order valence-electron chi connectivity index (χ4n) is 3.24. The van der Waals surface area contributed by atoms with Crippen LogP contribution >= 0.6 is 34.0 Å². The number of nitrogens with zero attached hydrogens (tertiary/aromatic N) is 1. The topological polar surface area (TPSA) is 65.5 Å². The Morgan fingerprint density at radius 3 is 2.07 bits per heavy atom. The maximum Gasteiger partial charge on any atom is 0.280 e. The molecule has 1 aliphatic heterocycles. The molecule has 0 saturated heterocycles. The van der Waals surface area contributed by atoms with E-state index in [1.165, 1.54) is 9.75 Å². The maximum absolute atomic E-state index is 12.6. The van der Waals surface area contributed by atoms with Gasteiger partial charge < -0.3 is 10.1 Å². The monoisotopic (exact) mass is 410 g/mol. The molecule has 0 radical (unpaired) electrons. The molecular weight excluding hydrogens is 396 g/mol. The van der Waals surface area contributed by atoms with Crippen molar-refractivity contribution in [2.75, 3.05) is 0 Å². The number of carbonyl (C=O) groups is 1. The molecule has 4 aromatic heterocycles. The van der Waals surface area contributed by atoms with Crippen LogP contribution in [-0.2, 0) is 0 Å². The van der Waals surface area contributed by atoms with E-state index in [-0.39, 0.29) is 11.8 Å². The number of aryl methyl sites for hydroxylation is 2. The number of aromatic amines is 1. The van der Waals surface area contributed by atoms with E-state index in [4.69, 9.17) is 0 Å². The summed E-state index contributed by atoms with van der Waals surface area (Å²) in [6.45, 7) is 4.10. The summed E-state index contributed by atoms with van der Waals surface area (Å²) in [5.74, 6) is -0.308. The molecule has 0 atom stereocenters. The number of hydrogen-bond acceptors (Lipinski definition) is 5. The third-order valence-electron chi connectivity index (χ3n) is 4.45. The van der Waals surface area contributed by atoms with Crippen molar-refractivity contribution in [2.45, 2.75) is 13.8 Å². The Hall–Kier alpha value is -2.48. The largest absolute Gasteiger partial charge is 0.494 e. The summed E-state index contributed by atoms with van der Waals surface area (Å²) >= 11 is 4.91. The minimum absolute atomic E-state index is 0.00225. The van der Waals surface area contributed by atoms with Gasteiger partial charge in [-0.3, -0.25) is 4.79 Å². The third-order valence-corrected chi connectivity index (χ3v) is 7.76. The van der Waals surface area contributed by atoms with Gasteiger partial charge in [0.05, 0.1) is 32.3 Å². The third kappa shape index (κ3) is 2.62. The number of amides is 1. The van der Waals surface area contributed by atoms with Crippen LogP contribution in [-0.4, -0.2) is 21.7 Å². The number of rotatable bonds is 3. The van der Waals surface area contributed by atoms with Crippen molar-refractivity contribution < 1.29 is 9.90 Å². The Morgan fingerprint density at radius 1 is 0.815 bits per heavy atom. The molecule has 0 aromatic carbocycles. The first-order valence-electron chi connectivity index (χ1n) is 8.33. The second kappa shape index (κ2) is 6.02. The normalized spacial score (nSPS) is 13.3. The molecule has 5 rings (SSSR count). The van der Waals surface area contributed by atoms with E-state index in [1.54, 1.807) is 34.0 Å². The maximum atomic E-state index is 12.6. The zero-order valence-corrected chi connectivity index (χ0v) is 16.9. The van der Waals surface area contributed by atoms with Gasteiger partial charge in [-0.05, 0) is 50.2 Å². The number of carbonyl (C=O) groups excluding carboxylic acids is 1. The number of fused-ring (bicyclic) bond motifs is 1. The molecule has 0 spiro atoms. The number of aliphatic imine (C=N–C) groups is 1. The van der Waals surface area contributed by atoms with E-state index in [1.807, 2.05) is 31.2 Å². The van der Waals surface area contributed by atoms with Crippen LogP contribution in [0, 0.1) is 13.8 Å². The Labute approximate surface area is 167 Å². The molecule has 2 N–H and O–H groups in total. The van der Waals surface area contributed by atoms with Crippen LogP contribution in [0.15, 0.2) is 41.4 Å². The van der Waals surface area contributed by atoms with Crippen LogP contribution in [0.2, 0.25) is 0 Å². The lowest BCUT2D eigenvalue weighted by Crippen LogP contribution is -1.96. The van der Waals surface area contributed by atoms with Crippen LogP contribution < -0.4 is 0 Å². The van der Waals surface area contributed by atoms with Crippen molar-refractivity contribution in [3.63, 3.8) is 0 Å². The lowest BCUT2D eigenvalue weighted by molar-refractivity contribution is 0.101. The summed E-state index contributed by atoms with van der Waals surface area (Å²) in [4.78, 5) is 26.4. The average molecular weight is 411 g/mol. The van der Waals surface area contributed by atoms with E-state index in [0.717, 1.165) is 19.5 Å². The van der Waals surface area contributed by atoms with Gasteiger partial charge in [0.25, 0.3) is 5.91 Å². The molecule has 0 fully saturated rings. The number of aromatic hydroxyl groups is 1. The second-order valence-corrected chi connectivity index (χ2v) is 10.0. The highest BCUT2D eigenvalue weighted by molar-refractivity contribution is 7.23. The van der Waals surface area contributed by atoms with Crippen LogP contribution in [0.5, 0.6) is 5.88 Å². The smallest absolute Gasteiger partial charge is 0.280 e. The van der Waals surface area contributed by atoms with E-state index in [2.05, 4.69) is 29.0 Å². The Bertz CT molecular complexity index is 1240. The number of thiophene rings is 3. The van der Waals surface area contributed by atoms with Gasteiger partial charge in [-0.15, -0.1) is 34.0 Å². The first-order valence-corrected chi connectivity index (χ1v) is 10.8.